The molecule has 1 aliphatic carbocycles. The Morgan fingerprint density at radius 1 is 1.11 bits per heavy atom. The molecule has 0 atom stereocenters. The second-order valence-corrected chi connectivity index (χ2v) is 10.2. The first-order valence-electron chi connectivity index (χ1n) is 12.2. The summed E-state index contributed by atoms with van der Waals surface area (Å²) in [5, 5.41) is 17.0. The maximum atomic E-state index is 12.4. The van der Waals surface area contributed by atoms with Crippen LogP contribution in [0.1, 0.15) is 49.7 Å². The van der Waals surface area contributed by atoms with Gasteiger partial charge in [0, 0.05) is 23.2 Å². The highest BCUT2D eigenvalue weighted by molar-refractivity contribution is 6.00. The summed E-state index contributed by atoms with van der Waals surface area (Å²) in [7, 11) is 0. The van der Waals surface area contributed by atoms with Crippen LogP contribution in [0, 0.1) is 6.92 Å². The number of anilines is 2. The minimum Gasteiger partial charge on any atom is -0.508 e. The molecule has 0 saturated heterocycles. The molecule has 36 heavy (non-hydrogen) atoms. The summed E-state index contributed by atoms with van der Waals surface area (Å²) in [6.07, 6.45) is 2.40. The normalized spacial score (nSPS) is 13.0. The number of hydrogen-bond acceptors (Lipinski definition) is 6. The number of amides is 1. The molecule has 0 unspecified atom stereocenters. The molecule has 0 radical (unpaired) electrons. The first-order valence-corrected chi connectivity index (χ1v) is 12.2. The fraction of sp³-hybridized carbons (Fsp3) is 0.321. The number of ether oxygens (including phenoxy) is 1. The second-order valence-electron chi connectivity index (χ2n) is 10.2. The Morgan fingerprint density at radius 3 is 2.69 bits per heavy atom. The summed E-state index contributed by atoms with van der Waals surface area (Å²) < 4.78 is 7.47. The number of fused-ring (bicyclic) bond motifs is 2. The zero-order valence-corrected chi connectivity index (χ0v) is 21.1. The number of aromatic hydroxyl groups is 1. The zero-order valence-electron chi connectivity index (χ0n) is 21.1. The summed E-state index contributed by atoms with van der Waals surface area (Å²) in [6, 6.07) is 15.0. The summed E-state index contributed by atoms with van der Waals surface area (Å²) in [4.78, 5) is 22.3. The summed E-state index contributed by atoms with van der Waals surface area (Å²) in [5.41, 5.74) is 5.13. The van der Waals surface area contributed by atoms with Crippen LogP contribution < -0.4 is 10.6 Å². The van der Waals surface area contributed by atoms with Crippen LogP contribution in [0.15, 0.2) is 48.5 Å². The molecule has 1 amide bonds. The molecule has 5 rings (SSSR count). The number of carbonyl (C=O) groups is 1. The van der Waals surface area contributed by atoms with Gasteiger partial charge < -0.3 is 15.2 Å². The third-order valence-corrected chi connectivity index (χ3v) is 6.16. The van der Waals surface area contributed by atoms with E-state index in [1.54, 1.807) is 12.1 Å². The lowest BCUT2D eigenvalue weighted by molar-refractivity contribution is 0.0636. The highest BCUT2D eigenvalue weighted by Crippen LogP contribution is 2.32. The van der Waals surface area contributed by atoms with E-state index in [1.807, 2.05) is 68.7 Å². The minimum atomic E-state index is -0.583. The quantitative estimate of drug-likeness (QED) is 0.326. The van der Waals surface area contributed by atoms with Gasteiger partial charge in [-0.2, -0.15) is 4.98 Å². The molecule has 8 nitrogen and oxygen atoms in total. The maximum absolute atomic E-state index is 12.4. The van der Waals surface area contributed by atoms with Crippen LogP contribution in [0.2, 0.25) is 0 Å². The van der Waals surface area contributed by atoms with Gasteiger partial charge in [-0.25, -0.2) is 9.78 Å². The SMILES string of the molecule is Cc1cc2c(NC(=O)OC(C)(C)C)cccc2n1-c1nc2c(c(NCc3cccc(O)c3)n1)CCC2. The first-order chi connectivity index (χ1) is 17.2. The lowest BCUT2D eigenvalue weighted by Gasteiger charge is -2.20. The van der Waals surface area contributed by atoms with Crippen molar-refractivity contribution in [2.75, 3.05) is 10.6 Å². The topological polar surface area (TPSA) is 101 Å². The van der Waals surface area contributed by atoms with E-state index in [2.05, 4.69) is 10.6 Å². The van der Waals surface area contributed by atoms with Crippen LogP contribution in [0.3, 0.4) is 0 Å². The van der Waals surface area contributed by atoms with Crippen molar-refractivity contribution in [3.8, 4) is 11.7 Å². The molecule has 3 N–H and O–H groups in total. The summed E-state index contributed by atoms with van der Waals surface area (Å²) >= 11 is 0. The summed E-state index contributed by atoms with van der Waals surface area (Å²) in [6.45, 7) is 8.07. The van der Waals surface area contributed by atoms with Crippen LogP contribution in [0.4, 0.5) is 16.3 Å². The Bertz CT molecular complexity index is 1450. The van der Waals surface area contributed by atoms with Gasteiger partial charge in [-0.3, -0.25) is 9.88 Å². The first kappa shape index (κ1) is 23.7. The van der Waals surface area contributed by atoms with Gasteiger partial charge in [0.2, 0.25) is 5.95 Å². The molecule has 8 heteroatoms. The van der Waals surface area contributed by atoms with Gasteiger partial charge in [0.25, 0.3) is 0 Å². The average molecular weight is 486 g/mol. The molecule has 2 heterocycles. The molecular weight excluding hydrogens is 454 g/mol. The van der Waals surface area contributed by atoms with E-state index in [0.717, 1.165) is 58.5 Å². The van der Waals surface area contributed by atoms with Crippen LogP contribution in [-0.2, 0) is 24.1 Å². The Kier molecular flexibility index (Phi) is 6.04. The molecule has 186 valence electrons. The molecule has 0 aliphatic heterocycles. The molecule has 2 aromatic carbocycles. The smallest absolute Gasteiger partial charge is 0.412 e. The number of hydrogen-bond donors (Lipinski definition) is 3. The molecule has 0 saturated carbocycles. The van der Waals surface area contributed by atoms with Crippen LogP contribution in [0.25, 0.3) is 16.9 Å². The fourth-order valence-corrected chi connectivity index (χ4v) is 4.67. The van der Waals surface area contributed by atoms with E-state index >= 15 is 0 Å². The second kappa shape index (κ2) is 9.18. The Balaban J connectivity index is 1.51. The third-order valence-electron chi connectivity index (χ3n) is 6.16. The van der Waals surface area contributed by atoms with Crippen molar-refractivity contribution in [3.63, 3.8) is 0 Å². The Hall–Kier alpha value is -4.07. The van der Waals surface area contributed by atoms with E-state index in [4.69, 9.17) is 14.7 Å². The number of phenols is 1. The van der Waals surface area contributed by atoms with E-state index in [9.17, 15) is 9.90 Å². The molecule has 0 fully saturated rings. The van der Waals surface area contributed by atoms with Crippen LogP contribution in [0.5, 0.6) is 5.75 Å². The number of phenolic OH excluding ortho intramolecular Hbond substituents is 1. The number of carbonyl (C=O) groups excluding carboxylic acids is 1. The molecule has 0 bridgehead atoms. The Labute approximate surface area is 210 Å². The van der Waals surface area contributed by atoms with Crippen molar-refractivity contribution in [2.45, 2.75) is 59.1 Å². The number of benzene rings is 2. The number of nitrogens with zero attached hydrogens (tertiary/aromatic N) is 3. The highest BCUT2D eigenvalue weighted by Gasteiger charge is 2.22. The van der Waals surface area contributed by atoms with Gasteiger partial charge >= 0.3 is 6.09 Å². The van der Waals surface area contributed by atoms with E-state index in [0.29, 0.717) is 18.2 Å². The summed E-state index contributed by atoms with van der Waals surface area (Å²) in [5.74, 6) is 1.66. The number of aromatic nitrogens is 3. The lowest BCUT2D eigenvalue weighted by Crippen LogP contribution is -2.27. The molecular formula is C28H31N5O3. The van der Waals surface area contributed by atoms with E-state index in [1.165, 1.54) is 0 Å². The predicted octanol–water partition coefficient (Wildman–Crippen LogP) is 5.88. The number of rotatable bonds is 5. The standard InChI is InChI=1S/C28H31N5O3/c1-17-14-21-23(31-27(35)36-28(2,3)4)12-7-13-24(21)33(17)26-30-22-11-6-10-20(22)25(32-26)29-16-18-8-5-9-19(34)15-18/h5,7-9,12-15,34H,6,10-11,16H2,1-4H3,(H,31,35)(H,29,30,32). The van der Waals surface area contributed by atoms with E-state index in [-0.39, 0.29) is 5.75 Å². The molecule has 4 aromatic rings. The average Bonchev–Trinajstić information content (AvgIpc) is 3.40. The van der Waals surface area contributed by atoms with Crippen molar-refractivity contribution >= 4 is 28.5 Å². The highest BCUT2D eigenvalue weighted by atomic mass is 16.6. The molecule has 2 aromatic heterocycles. The van der Waals surface area contributed by atoms with Gasteiger partial charge in [-0.15, -0.1) is 0 Å². The number of nitrogens with one attached hydrogen (secondary N) is 2. The minimum absolute atomic E-state index is 0.244. The van der Waals surface area contributed by atoms with Gasteiger partial charge in [0.1, 0.15) is 17.2 Å². The fourth-order valence-electron chi connectivity index (χ4n) is 4.67. The van der Waals surface area contributed by atoms with E-state index < -0.39 is 11.7 Å². The maximum Gasteiger partial charge on any atom is 0.412 e. The largest absolute Gasteiger partial charge is 0.508 e. The Morgan fingerprint density at radius 2 is 1.92 bits per heavy atom. The molecule has 1 aliphatic rings. The van der Waals surface area contributed by atoms with Gasteiger partial charge in [-0.05, 0) is 82.9 Å². The molecule has 0 spiro atoms. The third kappa shape index (κ3) is 4.84. The zero-order chi connectivity index (χ0) is 25.4. The van der Waals surface area contributed by atoms with Crippen LogP contribution in [-0.4, -0.2) is 31.3 Å². The monoisotopic (exact) mass is 485 g/mol. The van der Waals surface area contributed by atoms with Gasteiger partial charge in [-0.1, -0.05) is 18.2 Å². The van der Waals surface area contributed by atoms with Gasteiger partial charge in [0.05, 0.1) is 16.9 Å². The predicted molar refractivity (Wildman–Crippen MR) is 141 cm³/mol. The van der Waals surface area contributed by atoms with Gasteiger partial charge in [0.15, 0.2) is 0 Å². The van der Waals surface area contributed by atoms with Crippen molar-refractivity contribution in [3.05, 3.63) is 71.0 Å². The lowest BCUT2D eigenvalue weighted by atomic mass is 10.2. The number of aryl methyl sites for hydroxylation is 2. The van der Waals surface area contributed by atoms with Crippen molar-refractivity contribution in [2.24, 2.45) is 0 Å². The van der Waals surface area contributed by atoms with Crippen molar-refractivity contribution in [1.82, 2.24) is 14.5 Å². The van der Waals surface area contributed by atoms with Crippen LogP contribution >= 0.6 is 0 Å². The van der Waals surface area contributed by atoms with Crippen molar-refractivity contribution in [1.29, 1.82) is 0 Å². The van der Waals surface area contributed by atoms with Crippen molar-refractivity contribution < 1.29 is 14.6 Å².